The predicted octanol–water partition coefficient (Wildman–Crippen LogP) is 3.49. The largest absolute Gasteiger partial charge is 0.504 e. The van der Waals surface area contributed by atoms with E-state index in [0.717, 1.165) is 25.7 Å². The molecule has 1 saturated carbocycles. The van der Waals surface area contributed by atoms with E-state index in [2.05, 4.69) is 11.9 Å². The number of nitrogens with zero attached hydrogens (tertiary/aromatic N) is 1. The molecule has 0 aliphatic heterocycles. The molecule has 0 atom stereocenters. The van der Waals surface area contributed by atoms with Gasteiger partial charge in [-0.25, -0.2) is 0 Å². The van der Waals surface area contributed by atoms with E-state index in [0.29, 0.717) is 23.3 Å². The summed E-state index contributed by atoms with van der Waals surface area (Å²) in [6.45, 7) is 3.67. The Morgan fingerprint density at radius 2 is 2.16 bits per heavy atom. The van der Waals surface area contributed by atoms with Crippen LogP contribution in [0, 0.1) is 11.3 Å². The standard InChI is InChI=1S/C20H24N2O3/c1-3-7-15-10-14(12-18(25-2)19(15)23)11-16(13-21)20(24)22-17-8-5-4-6-9-17/h3,10-12,17,23H,1,4-9H2,2H3,(H,22,24)/b16-11-. The summed E-state index contributed by atoms with van der Waals surface area (Å²) in [7, 11) is 1.46. The average molecular weight is 340 g/mol. The molecule has 1 aromatic carbocycles. The molecule has 0 unspecified atom stereocenters. The Morgan fingerprint density at radius 3 is 2.76 bits per heavy atom. The van der Waals surface area contributed by atoms with Crippen molar-refractivity contribution in [2.24, 2.45) is 0 Å². The van der Waals surface area contributed by atoms with E-state index in [9.17, 15) is 15.2 Å². The van der Waals surface area contributed by atoms with Gasteiger partial charge >= 0.3 is 0 Å². The summed E-state index contributed by atoms with van der Waals surface area (Å²) in [6, 6.07) is 5.44. The zero-order valence-corrected chi connectivity index (χ0v) is 14.5. The van der Waals surface area contributed by atoms with Gasteiger partial charge in [0.15, 0.2) is 11.5 Å². The number of hydrogen-bond donors (Lipinski definition) is 2. The van der Waals surface area contributed by atoms with Crippen LogP contribution in [0.15, 0.2) is 30.4 Å². The lowest BCUT2D eigenvalue weighted by Gasteiger charge is -2.22. The normalized spacial score (nSPS) is 15.3. The maximum Gasteiger partial charge on any atom is 0.262 e. The molecule has 1 aliphatic carbocycles. The molecule has 0 bridgehead atoms. The Kier molecular flexibility index (Phi) is 6.64. The van der Waals surface area contributed by atoms with Crippen LogP contribution < -0.4 is 10.1 Å². The molecule has 1 aliphatic rings. The number of ether oxygens (including phenoxy) is 1. The molecule has 0 saturated heterocycles. The summed E-state index contributed by atoms with van der Waals surface area (Å²) in [5.41, 5.74) is 1.30. The zero-order valence-electron chi connectivity index (χ0n) is 14.5. The Bertz CT molecular complexity index is 710. The number of phenolic OH excluding ortho intramolecular Hbond substituents is 1. The highest BCUT2D eigenvalue weighted by Crippen LogP contribution is 2.32. The maximum absolute atomic E-state index is 12.4. The number of benzene rings is 1. The van der Waals surface area contributed by atoms with E-state index in [1.807, 2.05) is 6.07 Å². The average Bonchev–Trinajstić information content (AvgIpc) is 2.62. The minimum atomic E-state index is -0.355. The second-order valence-electron chi connectivity index (χ2n) is 6.20. The number of nitriles is 1. The number of carbonyl (C=O) groups is 1. The minimum Gasteiger partial charge on any atom is -0.504 e. The molecule has 5 nitrogen and oxygen atoms in total. The number of phenols is 1. The van der Waals surface area contributed by atoms with Gasteiger partial charge < -0.3 is 15.2 Å². The number of nitrogens with one attached hydrogen (secondary N) is 1. The van der Waals surface area contributed by atoms with Crippen LogP contribution in [0.4, 0.5) is 0 Å². The van der Waals surface area contributed by atoms with E-state index in [1.165, 1.54) is 19.6 Å². The van der Waals surface area contributed by atoms with Crippen molar-refractivity contribution in [2.45, 2.75) is 44.6 Å². The first kappa shape index (κ1) is 18.6. The zero-order chi connectivity index (χ0) is 18.2. The lowest BCUT2D eigenvalue weighted by atomic mass is 9.95. The van der Waals surface area contributed by atoms with Crippen LogP contribution in [0.5, 0.6) is 11.5 Å². The summed E-state index contributed by atoms with van der Waals surface area (Å²) in [5.74, 6) is -0.00740. The first-order valence-electron chi connectivity index (χ1n) is 8.52. The van der Waals surface area contributed by atoms with Gasteiger partial charge in [-0.1, -0.05) is 25.3 Å². The molecule has 1 fully saturated rings. The lowest BCUT2D eigenvalue weighted by molar-refractivity contribution is -0.117. The number of hydrogen-bond acceptors (Lipinski definition) is 4. The molecule has 0 spiro atoms. The number of carbonyl (C=O) groups excluding carboxylic acids is 1. The van der Waals surface area contributed by atoms with Gasteiger partial charge in [0, 0.05) is 11.6 Å². The van der Waals surface area contributed by atoms with Crippen LogP contribution in [0.25, 0.3) is 6.08 Å². The maximum atomic E-state index is 12.4. The van der Waals surface area contributed by atoms with Gasteiger partial charge in [-0.05, 0) is 43.0 Å². The Balaban J connectivity index is 2.25. The molecule has 25 heavy (non-hydrogen) atoms. The van der Waals surface area contributed by atoms with E-state index in [-0.39, 0.29) is 23.3 Å². The first-order chi connectivity index (χ1) is 12.1. The molecule has 132 valence electrons. The number of rotatable bonds is 6. The SMILES string of the molecule is C=CCc1cc(/C=C(/C#N)C(=O)NC2CCCCC2)cc(OC)c1O. The smallest absolute Gasteiger partial charge is 0.262 e. The van der Waals surface area contributed by atoms with Gasteiger partial charge in [-0.15, -0.1) is 6.58 Å². The molecular formula is C20H24N2O3. The number of amides is 1. The van der Waals surface area contributed by atoms with Crippen molar-refractivity contribution in [3.05, 3.63) is 41.5 Å². The van der Waals surface area contributed by atoms with E-state index < -0.39 is 0 Å². The van der Waals surface area contributed by atoms with Crippen LogP contribution in [0.1, 0.15) is 43.2 Å². The number of methoxy groups -OCH3 is 1. The van der Waals surface area contributed by atoms with Gasteiger partial charge in [-0.2, -0.15) is 5.26 Å². The molecule has 0 aromatic heterocycles. The van der Waals surface area contributed by atoms with Crippen molar-refractivity contribution < 1.29 is 14.6 Å². The topological polar surface area (TPSA) is 82.4 Å². The number of allylic oxidation sites excluding steroid dienone is 1. The van der Waals surface area contributed by atoms with Crippen molar-refractivity contribution in [3.8, 4) is 17.6 Å². The van der Waals surface area contributed by atoms with Crippen LogP contribution in [0.2, 0.25) is 0 Å². The van der Waals surface area contributed by atoms with Crippen LogP contribution >= 0.6 is 0 Å². The molecule has 5 heteroatoms. The minimum absolute atomic E-state index is 0.0443. The summed E-state index contributed by atoms with van der Waals surface area (Å²) < 4.78 is 5.17. The van der Waals surface area contributed by atoms with Gasteiger partial charge in [0.25, 0.3) is 5.91 Å². The fourth-order valence-electron chi connectivity index (χ4n) is 3.06. The third-order valence-electron chi connectivity index (χ3n) is 4.38. The first-order valence-corrected chi connectivity index (χ1v) is 8.52. The Hall–Kier alpha value is -2.74. The molecule has 0 heterocycles. The highest BCUT2D eigenvalue weighted by molar-refractivity contribution is 6.01. The van der Waals surface area contributed by atoms with Crippen LogP contribution in [-0.2, 0) is 11.2 Å². The monoisotopic (exact) mass is 340 g/mol. The van der Waals surface area contributed by atoms with Crippen molar-refractivity contribution in [2.75, 3.05) is 7.11 Å². The van der Waals surface area contributed by atoms with Crippen LogP contribution in [-0.4, -0.2) is 24.2 Å². The Morgan fingerprint density at radius 1 is 1.44 bits per heavy atom. The second-order valence-corrected chi connectivity index (χ2v) is 6.20. The lowest BCUT2D eigenvalue weighted by Crippen LogP contribution is -2.36. The molecule has 1 aromatic rings. The molecule has 2 rings (SSSR count). The fraction of sp³-hybridized carbons (Fsp3) is 0.400. The van der Waals surface area contributed by atoms with Crippen molar-refractivity contribution in [1.29, 1.82) is 5.26 Å². The van der Waals surface area contributed by atoms with E-state index >= 15 is 0 Å². The van der Waals surface area contributed by atoms with Gasteiger partial charge in [-0.3, -0.25) is 4.79 Å². The summed E-state index contributed by atoms with van der Waals surface area (Å²) in [6.07, 6.45) is 8.98. The van der Waals surface area contributed by atoms with Crippen LogP contribution in [0.3, 0.4) is 0 Å². The van der Waals surface area contributed by atoms with Gasteiger partial charge in [0.2, 0.25) is 0 Å². The fourth-order valence-corrected chi connectivity index (χ4v) is 3.06. The molecule has 2 N–H and O–H groups in total. The highest BCUT2D eigenvalue weighted by Gasteiger charge is 2.18. The van der Waals surface area contributed by atoms with Gasteiger partial charge in [0.1, 0.15) is 11.6 Å². The second kappa shape index (κ2) is 8.93. The summed E-state index contributed by atoms with van der Waals surface area (Å²) in [5, 5.41) is 22.4. The van der Waals surface area contributed by atoms with E-state index in [4.69, 9.17) is 4.74 Å². The van der Waals surface area contributed by atoms with Crippen molar-refractivity contribution in [1.82, 2.24) is 5.32 Å². The third kappa shape index (κ3) is 4.87. The molecule has 0 radical (unpaired) electrons. The van der Waals surface area contributed by atoms with Crippen molar-refractivity contribution in [3.63, 3.8) is 0 Å². The van der Waals surface area contributed by atoms with E-state index in [1.54, 1.807) is 18.2 Å². The summed E-state index contributed by atoms with van der Waals surface area (Å²) >= 11 is 0. The van der Waals surface area contributed by atoms with Crippen molar-refractivity contribution >= 4 is 12.0 Å². The third-order valence-corrected chi connectivity index (χ3v) is 4.38. The highest BCUT2D eigenvalue weighted by atomic mass is 16.5. The quantitative estimate of drug-likeness (QED) is 0.472. The molecular weight excluding hydrogens is 316 g/mol. The summed E-state index contributed by atoms with van der Waals surface area (Å²) in [4.78, 5) is 12.4. The Labute approximate surface area is 148 Å². The number of aromatic hydroxyl groups is 1. The molecule has 1 amide bonds. The predicted molar refractivity (Wildman–Crippen MR) is 97.2 cm³/mol. The van der Waals surface area contributed by atoms with Gasteiger partial charge in [0.05, 0.1) is 7.11 Å².